The molecule has 25 heavy (non-hydrogen) atoms. The standard InChI is InChI=1S/C19H27N3O3/c1-12(2)8-14(10-20-18(24)25-19(3,4)5)17-21-15-7-6-13(11-23)9-16(15)22-17/h6-7,9,11-12,14H,8,10H2,1-5H3,(H,20,24)(H,21,22). The third kappa shape index (κ3) is 5.59. The molecule has 0 saturated heterocycles. The summed E-state index contributed by atoms with van der Waals surface area (Å²) in [7, 11) is 0. The molecule has 1 amide bonds. The molecule has 1 heterocycles. The van der Waals surface area contributed by atoms with E-state index in [9.17, 15) is 9.59 Å². The molecule has 0 bridgehead atoms. The van der Waals surface area contributed by atoms with E-state index in [2.05, 4.69) is 29.1 Å². The number of hydrogen-bond donors (Lipinski definition) is 2. The summed E-state index contributed by atoms with van der Waals surface area (Å²) in [4.78, 5) is 30.8. The van der Waals surface area contributed by atoms with Gasteiger partial charge >= 0.3 is 6.09 Å². The summed E-state index contributed by atoms with van der Waals surface area (Å²) in [6.07, 6.45) is 1.26. The lowest BCUT2D eigenvalue weighted by Crippen LogP contribution is -2.35. The topological polar surface area (TPSA) is 84.1 Å². The van der Waals surface area contributed by atoms with Crippen LogP contribution in [0.5, 0.6) is 0 Å². The van der Waals surface area contributed by atoms with Gasteiger partial charge in [-0.2, -0.15) is 0 Å². The normalized spacial score (nSPS) is 13.0. The summed E-state index contributed by atoms with van der Waals surface area (Å²) in [6, 6.07) is 5.36. The number of aromatic amines is 1. The molecule has 0 spiro atoms. The van der Waals surface area contributed by atoms with E-state index < -0.39 is 11.7 Å². The van der Waals surface area contributed by atoms with Crippen LogP contribution in [0.1, 0.15) is 63.1 Å². The zero-order chi connectivity index (χ0) is 18.6. The molecule has 0 aliphatic carbocycles. The van der Waals surface area contributed by atoms with Gasteiger partial charge in [-0.05, 0) is 51.3 Å². The summed E-state index contributed by atoms with van der Waals surface area (Å²) >= 11 is 0. The van der Waals surface area contributed by atoms with Crippen molar-refractivity contribution in [3.63, 3.8) is 0 Å². The Bertz CT molecular complexity index is 744. The number of benzene rings is 1. The number of carbonyl (C=O) groups is 2. The number of amides is 1. The summed E-state index contributed by atoms with van der Waals surface area (Å²) < 4.78 is 5.30. The molecule has 0 aliphatic heterocycles. The van der Waals surface area contributed by atoms with Crippen LogP contribution in [-0.2, 0) is 4.74 Å². The van der Waals surface area contributed by atoms with Crippen molar-refractivity contribution in [2.45, 2.75) is 52.6 Å². The third-order valence-corrected chi connectivity index (χ3v) is 3.69. The fraction of sp³-hybridized carbons (Fsp3) is 0.526. The molecule has 6 heteroatoms. The van der Waals surface area contributed by atoms with Gasteiger partial charge in [0.1, 0.15) is 17.7 Å². The largest absolute Gasteiger partial charge is 0.444 e. The predicted octanol–water partition coefficient (Wildman–Crippen LogP) is 4.03. The van der Waals surface area contributed by atoms with Crippen molar-refractivity contribution < 1.29 is 14.3 Å². The molecule has 1 aromatic heterocycles. The first kappa shape index (κ1) is 19.0. The number of fused-ring (bicyclic) bond motifs is 1. The zero-order valence-corrected chi connectivity index (χ0v) is 15.6. The smallest absolute Gasteiger partial charge is 0.407 e. The highest BCUT2D eigenvalue weighted by molar-refractivity contribution is 5.84. The Labute approximate surface area is 148 Å². The maximum atomic E-state index is 11.9. The Morgan fingerprint density at radius 2 is 2.08 bits per heavy atom. The minimum Gasteiger partial charge on any atom is -0.444 e. The number of aromatic nitrogens is 2. The van der Waals surface area contributed by atoms with Crippen LogP contribution in [0, 0.1) is 5.92 Å². The molecule has 1 aromatic carbocycles. The number of carbonyl (C=O) groups excluding carboxylic acids is 2. The number of nitrogens with one attached hydrogen (secondary N) is 2. The molecule has 1 unspecified atom stereocenters. The Kier molecular flexibility index (Phi) is 5.82. The Balaban J connectivity index is 2.16. The van der Waals surface area contributed by atoms with Gasteiger partial charge in [0.25, 0.3) is 0 Å². The fourth-order valence-electron chi connectivity index (χ4n) is 2.70. The molecule has 0 fully saturated rings. The van der Waals surface area contributed by atoms with E-state index >= 15 is 0 Å². The molecule has 2 aromatic rings. The molecule has 0 radical (unpaired) electrons. The third-order valence-electron chi connectivity index (χ3n) is 3.69. The van der Waals surface area contributed by atoms with Gasteiger partial charge in [-0.1, -0.05) is 13.8 Å². The van der Waals surface area contributed by atoms with Crippen molar-refractivity contribution in [1.29, 1.82) is 0 Å². The van der Waals surface area contributed by atoms with Gasteiger partial charge in [0.05, 0.1) is 11.0 Å². The van der Waals surface area contributed by atoms with E-state index in [-0.39, 0.29) is 5.92 Å². The molecular weight excluding hydrogens is 318 g/mol. The lowest BCUT2D eigenvalue weighted by atomic mass is 9.96. The second-order valence-electron chi connectivity index (χ2n) is 7.73. The Hall–Kier alpha value is -2.37. The van der Waals surface area contributed by atoms with E-state index in [4.69, 9.17) is 4.74 Å². The molecular formula is C19H27N3O3. The Morgan fingerprint density at radius 3 is 2.68 bits per heavy atom. The van der Waals surface area contributed by atoms with Crippen LogP contribution in [-0.4, -0.2) is 34.5 Å². The van der Waals surface area contributed by atoms with Crippen LogP contribution in [0.3, 0.4) is 0 Å². The van der Waals surface area contributed by atoms with Gasteiger partial charge in [-0.15, -0.1) is 0 Å². The molecule has 2 rings (SSSR count). The summed E-state index contributed by atoms with van der Waals surface area (Å²) in [5, 5.41) is 2.83. The zero-order valence-electron chi connectivity index (χ0n) is 15.6. The number of H-pyrrole nitrogens is 1. The van der Waals surface area contributed by atoms with Crippen molar-refractivity contribution in [1.82, 2.24) is 15.3 Å². The molecule has 136 valence electrons. The van der Waals surface area contributed by atoms with Gasteiger partial charge in [-0.3, -0.25) is 4.79 Å². The van der Waals surface area contributed by atoms with Gasteiger partial charge in [0.15, 0.2) is 0 Å². The number of rotatable bonds is 6. The monoisotopic (exact) mass is 345 g/mol. The number of imidazole rings is 1. The molecule has 1 atom stereocenters. The highest BCUT2D eigenvalue weighted by Gasteiger charge is 2.21. The van der Waals surface area contributed by atoms with E-state index in [0.29, 0.717) is 18.0 Å². The average Bonchev–Trinajstić information content (AvgIpc) is 2.92. The van der Waals surface area contributed by atoms with E-state index in [1.807, 2.05) is 26.8 Å². The second-order valence-corrected chi connectivity index (χ2v) is 7.73. The summed E-state index contributed by atoms with van der Waals surface area (Å²) in [5.74, 6) is 1.30. The minimum absolute atomic E-state index is 0.0413. The number of ether oxygens (including phenoxy) is 1. The number of alkyl carbamates (subject to hydrolysis) is 1. The van der Waals surface area contributed by atoms with Gasteiger partial charge in [0, 0.05) is 18.0 Å². The summed E-state index contributed by atoms with van der Waals surface area (Å²) in [6.45, 7) is 10.2. The SMILES string of the molecule is CC(C)CC(CNC(=O)OC(C)(C)C)c1nc2ccc(C=O)cc2[nH]1. The van der Waals surface area contributed by atoms with Gasteiger partial charge < -0.3 is 15.0 Å². The average molecular weight is 345 g/mol. The first-order valence-electron chi connectivity index (χ1n) is 8.59. The number of hydrogen-bond acceptors (Lipinski definition) is 4. The van der Waals surface area contributed by atoms with Crippen molar-refractivity contribution in [2.75, 3.05) is 6.54 Å². The van der Waals surface area contributed by atoms with Crippen LogP contribution in [0.2, 0.25) is 0 Å². The first-order chi connectivity index (χ1) is 11.7. The maximum Gasteiger partial charge on any atom is 0.407 e. The highest BCUT2D eigenvalue weighted by atomic mass is 16.6. The first-order valence-corrected chi connectivity index (χ1v) is 8.59. The second kappa shape index (κ2) is 7.68. The summed E-state index contributed by atoms with van der Waals surface area (Å²) in [5.41, 5.74) is 1.72. The van der Waals surface area contributed by atoms with Crippen molar-refractivity contribution >= 4 is 23.4 Å². The molecule has 2 N–H and O–H groups in total. The maximum absolute atomic E-state index is 11.9. The number of nitrogens with zero attached hydrogens (tertiary/aromatic N) is 1. The lowest BCUT2D eigenvalue weighted by molar-refractivity contribution is 0.0522. The van der Waals surface area contributed by atoms with E-state index in [0.717, 1.165) is 29.6 Å². The molecule has 0 aliphatic rings. The van der Waals surface area contributed by atoms with Crippen molar-refractivity contribution in [3.05, 3.63) is 29.6 Å². The number of aldehydes is 1. The van der Waals surface area contributed by atoms with Crippen LogP contribution >= 0.6 is 0 Å². The van der Waals surface area contributed by atoms with Gasteiger partial charge in [-0.25, -0.2) is 9.78 Å². The van der Waals surface area contributed by atoms with Crippen LogP contribution in [0.4, 0.5) is 4.79 Å². The predicted molar refractivity (Wildman–Crippen MR) is 97.9 cm³/mol. The van der Waals surface area contributed by atoms with Crippen LogP contribution in [0.25, 0.3) is 11.0 Å². The molecule has 6 nitrogen and oxygen atoms in total. The quantitative estimate of drug-likeness (QED) is 0.774. The van der Waals surface area contributed by atoms with Crippen molar-refractivity contribution in [3.8, 4) is 0 Å². The fourth-order valence-corrected chi connectivity index (χ4v) is 2.70. The minimum atomic E-state index is -0.526. The van der Waals surface area contributed by atoms with E-state index in [1.54, 1.807) is 12.1 Å². The lowest BCUT2D eigenvalue weighted by Gasteiger charge is -2.22. The Morgan fingerprint density at radius 1 is 1.36 bits per heavy atom. The van der Waals surface area contributed by atoms with E-state index in [1.165, 1.54) is 0 Å². The molecule has 0 saturated carbocycles. The van der Waals surface area contributed by atoms with Crippen LogP contribution < -0.4 is 5.32 Å². The van der Waals surface area contributed by atoms with Gasteiger partial charge in [0.2, 0.25) is 0 Å². The van der Waals surface area contributed by atoms with Crippen LogP contribution in [0.15, 0.2) is 18.2 Å². The highest BCUT2D eigenvalue weighted by Crippen LogP contribution is 2.24. The van der Waals surface area contributed by atoms with Crippen molar-refractivity contribution in [2.24, 2.45) is 5.92 Å².